The zero-order valence-electron chi connectivity index (χ0n) is 15.3. The Bertz CT molecular complexity index is 888. The molecule has 138 valence electrons. The molecule has 3 rings (SSSR count). The molecule has 1 aliphatic carbocycles. The van der Waals surface area contributed by atoms with E-state index in [-0.39, 0.29) is 11.9 Å². The fraction of sp³-hybridized carbons (Fsp3) is 0.190. The van der Waals surface area contributed by atoms with E-state index in [2.05, 4.69) is 33.3 Å². The summed E-state index contributed by atoms with van der Waals surface area (Å²) < 4.78 is 0. The molecule has 1 amide bonds. The van der Waals surface area contributed by atoms with E-state index >= 15 is 0 Å². The van der Waals surface area contributed by atoms with Crippen molar-refractivity contribution in [3.63, 3.8) is 0 Å². The van der Waals surface area contributed by atoms with Crippen molar-refractivity contribution in [1.82, 2.24) is 10.6 Å². The number of aliphatic imine (C=N–C) groups is 2. The molecule has 1 aliphatic heterocycles. The number of fused-ring (bicyclic) bond motifs is 1. The van der Waals surface area contributed by atoms with Gasteiger partial charge in [0.25, 0.3) is 0 Å². The van der Waals surface area contributed by atoms with Gasteiger partial charge in [-0.15, -0.1) is 0 Å². The third-order valence-electron chi connectivity index (χ3n) is 4.26. The molecule has 1 aromatic rings. The zero-order valence-corrected chi connectivity index (χ0v) is 15.3. The second-order valence-corrected chi connectivity index (χ2v) is 6.40. The van der Waals surface area contributed by atoms with Crippen molar-refractivity contribution in [2.75, 3.05) is 0 Å². The summed E-state index contributed by atoms with van der Waals surface area (Å²) in [5.74, 6) is 0.605. The van der Waals surface area contributed by atoms with Crippen molar-refractivity contribution < 1.29 is 4.79 Å². The number of hydrogen-bond acceptors (Lipinski definition) is 5. The Kier molecular flexibility index (Phi) is 5.66. The van der Waals surface area contributed by atoms with Gasteiger partial charge in [0.15, 0.2) is 5.84 Å². The number of allylic oxidation sites excluding steroid dienone is 3. The lowest BCUT2D eigenvalue weighted by Crippen LogP contribution is -2.24. The molecule has 2 aliphatic rings. The molecule has 1 unspecified atom stereocenters. The van der Waals surface area contributed by atoms with Crippen LogP contribution in [0.2, 0.25) is 0 Å². The lowest BCUT2D eigenvalue weighted by atomic mass is 10.1. The average molecular weight is 361 g/mol. The fourth-order valence-electron chi connectivity index (χ4n) is 2.74. The van der Waals surface area contributed by atoms with Crippen LogP contribution in [0.25, 0.3) is 5.57 Å². The normalized spacial score (nSPS) is 18.6. The maximum absolute atomic E-state index is 11.0. The number of nitrogens with zero attached hydrogens (tertiary/aromatic N) is 2. The van der Waals surface area contributed by atoms with E-state index in [0.717, 1.165) is 28.8 Å². The van der Waals surface area contributed by atoms with E-state index in [1.165, 1.54) is 6.92 Å². The molecule has 1 atom stereocenters. The molecule has 6 heteroatoms. The van der Waals surface area contributed by atoms with E-state index in [0.29, 0.717) is 18.1 Å². The Morgan fingerprint density at radius 3 is 2.93 bits per heavy atom. The number of rotatable bonds is 6. The quantitative estimate of drug-likeness (QED) is 0.680. The van der Waals surface area contributed by atoms with Gasteiger partial charge in [-0.2, -0.15) is 0 Å². The summed E-state index contributed by atoms with van der Waals surface area (Å²) in [7, 11) is 0. The summed E-state index contributed by atoms with van der Waals surface area (Å²) in [5, 5.41) is 6.00. The molecule has 0 spiro atoms. The number of nitrogens with two attached hydrogens (primary N) is 1. The number of carbonyl (C=O) groups excluding carboxylic acids is 1. The maximum atomic E-state index is 11.0. The van der Waals surface area contributed by atoms with Crippen LogP contribution in [-0.2, 0) is 11.3 Å². The molecular formula is C21H23N5O. The average Bonchev–Trinajstić information content (AvgIpc) is 3.11. The van der Waals surface area contributed by atoms with Crippen molar-refractivity contribution in [2.24, 2.45) is 15.7 Å². The maximum Gasteiger partial charge on any atom is 0.217 e. The summed E-state index contributed by atoms with van der Waals surface area (Å²) in [6.07, 6.45) is 10.2. The number of benzene rings is 1. The second-order valence-electron chi connectivity index (χ2n) is 6.40. The highest BCUT2D eigenvalue weighted by molar-refractivity contribution is 6.09. The van der Waals surface area contributed by atoms with E-state index < -0.39 is 0 Å². The van der Waals surface area contributed by atoms with Gasteiger partial charge in [0, 0.05) is 25.4 Å². The number of nitrogens with one attached hydrogen (secondary N) is 2. The first-order valence-corrected chi connectivity index (χ1v) is 8.76. The van der Waals surface area contributed by atoms with Crippen LogP contribution >= 0.6 is 0 Å². The van der Waals surface area contributed by atoms with E-state index in [1.54, 1.807) is 12.4 Å². The van der Waals surface area contributed by atoms with Gasteiger partial charge >= 0.3 is 0 Å². The summed E-state index contributed by atoms with van der Waals surface area (Å²) in [4.78, 5) is 19.8. The first kappa shape index (κ1) is 18.4. The van der Waals surface area contributed by atoms with E-state index in [9.17, 15) is 4.79 Å². The first-order chi connectivity index (χ1) is 13.0. The fourth-order valence-corrected chi connectivity index (χ4v) is 2.74. The third kappa shape index (κ3) is 4.82. The predicted molar refractivity (Wildman–Crippen MR) is 110 cm³/mol. The molecule has 0 fully saturated rings. The monoisotopic (exact) mass is 361 g/mol. The van der Waals surface area contributed by atoms with Crippen LogP contribution in [-0.4, -0.2) is 24.0 Å². The number of amides is 1. The van der Waals surface area contributed by atoms with Gasteiger partial charge in [-0.3, -0.25) is 14.8 Å². The van der Waals surface area contributed by atoms with Gasteiger partial charge < -0.3 is 16.4 Å². The van der Waals surface area contributed by atoms with Crippen molar-refractivity contribution in [2.45, 2.75) is 25.9 Å². The van der Waals surface area contributed by atoms with Crippen molar-refractivity contribution in [1.29, 1.82) is 0 Å². The molecule has 1 aromatic carbocycles. The largest absolute Gasteiger partial charge is 0.394 e. The Morgan fingerprint density at radius 1 is 1.44 bits per heavy atom. The molecule has 6 nitrogen and oxygen atoms in total. The minimum absolute atomic E-state index is 0.0480. The molecule has 1 heterocycles. The second kappa shape index (κ2) is 8.31. The van der Waals surface area contributed by atoms with E-state index in [4.69, 9.17) is 5.73 Å². The standard InChI is InChI=1S/C21H23N5O/c1-14(17-9-7-16(8-10-17)12-24-15(2)27)11-23-13-18(22)21-25-19-5-3-4-6-20(19)26-21/h3-5,7-11,13,20H,1,6,12,22H2,2H3,(H,24,27)(H,25,26)/b18-13-,23-11?. The van der Waals surface area contributed by atoms with Crippen LogP contribution in [0, 0.1) is 0 Å². The minimum atomic E-state index is -0.0480. The van der Waals surface area contributed by atoms with Crippen molar-refractivity contribution in [3.8, 4) is 0 Å². The Labute approximate surface area is 159 Å². The highest BCUT2D eigenvalue weighted by atomic mass is 16.1. The van der Waals surface area contributed by atoms with Crippen LogP contribution in [0.1, 0.15) is 24.5 Å². The molecule has 0 saturated heterocycles. The smallest absolute Gasteiger partial charge is 0.217 e. The lowest BCUT2D eigenvalue weighted by Gasteiger charge is -2.09. The van der Waals surface area contributed by atoms with Gasteiger partial charge in [-0.25, -0.2) is 0 Å². The molecule has 4 N–H and O–H groups in total. The zero-order chi connectivity index (χ0) is 19.2. The van der Waals surface area contributed by atoms with Crippen molar-refractivity contribution >= 4 is 23.5 Å². The first-order valence-electron chi connectivity index (χ1n) is 8.76. The summed E-state index contributed by atoms with van der Waals surface area (Å²) in [6.45, 7) is 6.04. The van der Waals surface area contributed by atoms with Crippen LogP contribution < -0.4 is 16.4 Å². The molecule has 0 aromatic heterocycles. The minimum Gasteiger partial charge on any atom is -0.394 e. The van der Waals surface area contributed by atoms with Crippen LogP contribution in [0.4, 0.5) is 0 Å². The number of hydrogen-bond donors (Lipinski definition) is 3. The van der Waals surface area contributed by atoms with Crippen LogP contribution in [0.15, 0.2) is 76.7 Å². The number of amidine groups is 1. The Balaban J connectivity index is 1.58. The molecule has 0 saturated carbocycles. The summed E-state index contributed by atoms with van der Waals surface area (Å²) in [5.41, 5.74) is 10.4. The van der Waals surface area contributed by atoms with Gasteiger partial charge in [-0.1, -0.05) is 43.0 Å². The molecule has 27 heavy (non-hydrogen) atoms. The third-order valence-corrected chi connectivity index (χ3v) is 4.26. The van der Waals surface area contributed by atoms with Gasteiger partial charge in [0.2, 0.25) is 5.91 Å². The van der Waals surface area contributed by atoms with Crippen LogP contribution in [0.5, 0.6) is 0 Å². The highest BCUT2D eigenvalue weighted by Gasteiger charge is 2.23. The molecule has 0 bridgehead atoms. The molecular weight excluding hydrogens is 338 g/mol. The number of carbonyl (C=O) groups is 1. The SMILES string of the molecule is C=C(C=N/C=C(\N)C1=NC2CC=CC=C2N1)c1ccc(CNC(C)=O)cc1. The van der Waals surface area contributed by atoms with Gasteiger partial charge in [0.05, 0.1) is 17.9 Å². The van der Waals surface area contributed by atoms with E-state index in [1.807, 2.05) is 36.4 Å². The highest BCUT2D eigenvalue weighted by Crippen LogP contribution is 2.20. The summed E-state index contributed by atoms with van der Waals surface area (Å²) >= 11 is 0. The topological polar surface area (TPSA) is 91.9 Å². The lowest BCUT2D eigenvalue weighted by molar-refractivity contribution is -0.119. The summed E-state index contributed by atoms with van der Waals surface area (Å²) in [6, 6.07) is 7.94. The van der Waals surface area contributed by atoms with Gasteiger partial charge in [0.1, 0.15) is 0 Å². The molecule has 0 radical (unpaired) electrons. The van der Waals surface area contributed by atoms with Crippen LogP contribution in [0.3, 0.4) is 0 Å². The Hall–Kier alpha value is -3.41. The Morgan fingerprint density at radius 2 is 2.22 bits per heavy atom. The predicted octanol–water partition coefficient (Wildman–Crippen LogP) is 2.42. The van der Waals surface area contributed by atoms with Gasteiger partial charge in [-0.05, 0) is 29.2 Å². The van der Waals surface area contributed by atoms with Crippen molar-refractivity contribution in [3.05, 3.63) is 77.8 Å².